The Balaban J connectivity index is 2.67. The van der Waals surface area contributed by atoms with Crippen molar-refractivity contribution >= 4 is 0 Å². The van der Waals surface area contributed by atoms with Gasteiger partial charge in [-0.2, -0.15) is 0 Å². The third-order valence-corrected chi connectivity index (χ3v) is 2.62. The number of aromatic nitrogens is 1. The van der Waals surface area contributed by atoms with Crippen molar-refractivity contribution in [2.45, 2.75) is 39.7 Å². The minimum Gasteiger partial charge on any atom is -0.393 e. The molecular formula is C12H19NO. The van der Waals surface area contributed by atoms with E-state index >= 15 is 0 Å². The van der Waals surface area contributed by atoms with Crippen LogP contribution in [-0.4, -0.2) is 16.2 Å². The standard InChI is InChI=1S/C12H19NO/c1-4-11(10(3)14)8-12-7-5-6-9(2)13-12/h5-7,10-11,14H,4,8H2,1-3H3. The van der Waals surface area contributed by atoms with Crippen LogP contribution in [0.25, 0.3) is 0 Å². The summed E-state index contributed by atoms with van der Waals surface area (Å²) in [7, 11) is 0. The van der Waals surface area contributed by atoms with Crippen LogP contribution in [0, 0.1) is 12.8 Å². The van der Waals surface area contributed by atoms with Crippen molar-refractivity contribution in [3.05, 3.63) is 29.6 Å². The molecule has 0 spiro atoms. The molecule has 2 heteroatoms. The maximum atomic E-state index is 9.51. The SMILES string of the molecule is CCC(Cc1cccc(C)n1)C(C)O. The summed E-state index contributed by atoms with van der Waals surface area (Å²) < 4.78 is 0. The molecular weight excluding hydrogens is 174 g/mol. The maximum absolute atomic E-state index is 9.51. The zero-order chi connectivity index (χ0) is 10.6. The zero-order valence-electron chi connectivity index (χ0n) is 9.20. The highest BCUT2D eigenvalue weighted by molar-refractivity contribution is 5.10. The molecule has 0 amide bonds. The van der Waals surface area contributed by atoms with Crippen LogP contribution in [0.5, 0.6) is 0 Å². The molecule has 0 bridgehead atoms. The second-order valence-electron chi connectivity index (χ2n) is 3.88. The van der Waals surface area contributed by atoms with Gasteiger partial charge in [-0.1, -0.05) is 19.4 Å². The van der Waals surface area contributed by atoms with Crippen LogP contribution in [0.1, 0.15) is 31.7 Å². The van der Waals surface area contributed by atoms with Gasteiger partial charge in [-0.25, -0.2) is 0 Å². The Labute approximate surface area is 86.0 Å². The van der Waals surface area contributed by atoms with E-state index in [1.807, 2.05) is 32.0 Å². The Kier molecular flexibility index (Phi) is 4.08. The lowest BCUT2D eigenvalue weighted by Gasteiger charge is -2.17. The summed E-state index contributed by atoms with van der Waals surface area (Å²) >= 11 is 0. The largest absolute Gasteiger partial charge is 0.393 e. The van der Waals surface area contributed by atoms with Gasteiger partial charge >= 0.3 is 0 Å². The molecule has 1 heterocycles. The second kappa shape index (κ2) is 5.11. The third kappa shape index (κ3) is 3.11. The highest BCUT2D eigenvalue weighted by Gasteiger charge is 2.13. The van der Waals surface area contributed by atoms with E-state index in [1.54, 1.807) is 0 Å². The van der Waals surface area contributed by atoms with E-state index in [9.17, 15) is 5.11 Å². The molecule has 1 rings (SSSR count). The van der Waals surface area contributed by atoms with Gasteiger partial charge in [-0.15, -0.1) is 0 Å². The van der Waals surface area contributed by atoms with Gasteiger partial charge in [0.05, 0.1) is 6.10 Å². The molecule has 2 nitrogen and oxygen atoms in total. The fourth-order valence-electron chi connectivity index (χ4n) is 1.64. The van der Waals surface area contributed by atoms with E-state index in [0.717, 1.165) is 24.2 Å². The topological polar surface area (TPSA) is 33.1 Å². The number of hydrogen-bond acceptors (Lipinski definition) is 2. The first-order valence-corrected chi connectivity index (χ1v) is 5.24. The molecule has 1 aromatic rings. The van der Waals surface area contributed by atoms with Crippen molar-refractivity contribution in [1.82, 2.24) is 4.98 Å². The van der Waals surface area contributed by atoms with Gasteiger partial charge in [0.25, 0.3) is 0 Å². The molecule has 2 unspecified atom stereocenters. The fourth-order valence-corrected chi connectivity index (χ4v) is 1.64. The number of aliphatic hydroxyl groups is 1. The van der Waals surface area contributed by atoms with Crippen molar-refractivity contribution < 1.29 is 5.11 Å². The summed E-state index contributed by atoms with van der Waals surface area (Å²) in [5.74, 6) is 0.323. The van der Waals surface area contributed by atoms with Crippen LogP contribution in [-0.2, 0) is 6.42 Å². The summed E-state index contributed by atoms with van der Waals surface area (Å²) in [6.45, 7) is 5.95. The Hall–Kier alpha value is -0.890. The average Bonchev–Trinajstić information content (AvgIpc) is 2.14. The summed E-state index contributed by atoms with van der Waals surface area (Å²) in [5, 5.41) is 9.51. The first-order chi connectivity index (χ1) is 6.63. The molecule has 2 atom stereocenters. The third-order valence-electron chi connectivity index (χ3n) is 2.62. The van der Waals surface area contributed by atoms with E-state index in [4.69, 9.17) is 0 Å². The van der Waals surface area contributed by atoms with Crippen molar-refractivity contribution in [2.75, 3.05) is 0 Å². The number of aryl methyl sites for hydroxylation is 1. The van der Waals surface area contributed by atoms with Crippen LogP contribution in [0.2, 0.25) is 0 Å². The van der Waals surface area contributed by atoms with Crippen LogP contribution in [0.3, 0.4) is 0 Å². The van der Waals surface area contributed by atoms with Gasteiger partial charge in [0, 0.05) is 11.4 Å². The van der Waals surface area contributed by atoms with E-state index in [2.05, 4.69) is 11.9 Å². The summed E-state index contributed by atoms with van der Waals surface area (Å²) in [6.07, 6.45) is 1.62. The molecule has 14 heavy (non-hydrogen) atoms. The minimum atomic E-state index is -0.248. The van der Waals surface area contributed by atoms with Gasteiger partial charge < -0.3 is 5.11 Å². The van der Waals surface area contributed by atoms with Gasteiger partial charge in [0.2, 0.25) is 0 Å². The maximum Gasteiger partial charge on any atom is 0.0543 e. The lowest BCUT2D eigenvalue weighted by Crippen LogP contribution is -2.18. The Morgan fingerprint density at radius 2 is 2.14 bits per heavy atom. The molecule has 0 fully saturated rings. The molecule has 0 aliphatic heterocycles. The van der Waals surface area contributed by atoms with E-state index < -0.39 is 0 Å². The molecule has 1 aromatic heterocycles. The summed E-state index contributed by atoms with van der Waals surface area (Å²) in [5.41, 5.74) is 2.13. The van der Waals surface area contributed by atoms with Crippen LogP contribution < -0.4 is 0 Å². The summed E-state index contributed by atoms with van der Waals surface area (Å²) in [6, 6.07) is 6.04. The van der Waals surface area contributed by atoms with Crippen molar-refractivity contribution in [3.63, 3.8) is 0 Å². The molecule has 78 valence electrons. The number of aliphatic hydroxyl groups excluding tert-OH is 1. The predicted octanol–water partition coefficient (Wildman–Crippen LogP) is 2.34. The molecule has 0 aliphatic rings. The van der Waals surface area contributed by atoms with Gasteiger partial charge in [0.1, 0.15) is 0 Å². The number of pyridine rings is 1. The lowest BCUT2D eigenvalue weighted by molar-refractivity contribution is 0.122. The quantitative estimate of drug-likeness (QED) is 0.796. The summed E-state index contributed by atoms with van der Waals surface area (Å²) in [4.78, 5) is 4.43. The van der Waals surface area contributed by atoms with E-state index in [0.29, 0.717) is 5.92 Å². The number of nitrogens with zero attached hydrogens (tertiary/aromatic N) is 1. The van der Waals surface area contributed by atoms with Gasteiger partial charge in [-0.3, -0.25) is 4.98 Å². The highest BCUT2D eigenvalue weighted by Crippen LogP contribution is 2.14. The van der Waals surface area contributed by atoms with Crippen molar-refractivity contribution in [3.8, 4) is 0 Å². The monoisotopic (exact) mass is 193 g/mol. The zero-order valence-corrected chi connectivity index (χ0v) is 9.20. The molecule has 0 aromatic carbocycles. The molecule has 0 saturated heterocycles. The molecule has 1 N–H and O–H groups in total. The smallest absolute Gasteiger partial charge is 0.0543 e. The van der Waals surface area contributed by atoms with Gasteiger partial charge in [0.15, 0.2) is 0 Å². The van der Waals surface area contributed by atoms with Crippen LogP contribution >= 0.6 is 0 Å². The minimum absolute atomic E-state index is 0.248. The average molecular weight is 193 g/mol. The normalized spacial score (nSPS) is 15.1. The molecule has 0 radical (unpaired) electrons. The van der Waals surface area contributed by atoms with Crippen LogP contribution in [0.4, 0.5) is 0 Å². The van der Waals surface area contributed by atoms with Gasteiger partial charge in [-0.05, 0) is 38.3 Å². The second-order valence-corrected chi connectivity index (χ2v) is 3.88. The van der Waals surface area contributed by atoms with E-state index in [-0.39, 0.29) is 6.10 Å². The van der Waals surface area contributed by atoms with E-state index in [1.165, 1.54) is 0 Å². The Bertz CT molecular complexity index is 283. The highest BCUT2D eigenvalue weighted by atomic mass is 16.3. The first kappa shape index (κ1) is 11.2. The number of rotatable bonds is 4. The number of hydrogen-bond donors (Lipinski definition) is 1. The van der Waals surface area contributed by atoms with Crippen molar-refractivity contribution in [2.24, 2.45) is 5.92 Å². The fraction of sp³-hybridized carbons (Fsp3) is 0.583. The van der Waals surface area contributed by atoms with Crippen LogP contribution in [0.15, 0.2) is 18.2 Å². The Morgan fingerprint density at radius 3 is 2.64 bits per heavy atom. The molecule has 0 aliphatic carbocycles. The van der Waals surface area contributed by atoms with Crippen molar-refractivity contribution in [1.29, 1.82) is 0 Å². The first-order valence-electron chi connectivity index (χ1n) is 5.24. The molecule has 0 saturated carbocycles. The lowest BCUT2D eigenvalue weighted by atomic mass is 9.95. The Morgan fingerprint density at radius 1 is 1.43 bits per heavy atom. The predicted molar refractivity (Wildman–Crippen MR) is 58.1 cm³/mol.